The third-order valence-electron chi connectivity index (χ3n) is 4.21. The Morgan fingerprint density at radius 2 is 1.50 bits per heavy atom. The van der Waals surface area contributed by atoms with Gasteiger partial charge in [-0.1, -0.05) is 6.92 Å². The molecule has 6 nitrogen and oxygen atoms in total. The van der Waals surface area contributed by atoms with Gasteiger partial charge in [-0.15, -0.1) is 0 Å². The van der Waals surface area contributed by atoms with Crippen LogP contribution in [0.2, 0.25) is 0 Å². The van der Waals surface area contributed by atoms with Crippen LogP contribution in [-0.2, 0) is 4.74 Å². The van der Waals surface area contributed by atoms with E-state index in [1.54, 1.807) is 48.5 Å². The van der Waals surface area contributed by atoms with E-state index in [1.165, 1.54) is 0 Å². The van der Waals surface area contributed by atoms with E-state index in [0.717, 1.165) is 6.42 Å². The first kappa shape index (κ1) is 21.4. The van der Waals surface area contributed by atoms with Crippen LogP contribution in [0.15, 0.2) is 48.5 Å². The molecule has 0 fully saturated rings. The van der Waals surface area contributed by atoms with Crippen molar-refractivity contribution in [1.82, 2.24) is 5.32 Å². The Bertz CT molecular complexity index is 757. The first-order chi connectivity index (χ1) is 13.5. The molecule has 0 heterocycles. The highest BCUT2D eigenvalue weighted by Crippen LogP contribution is 2.15. The summed E-state index contributed by atoms with van der Waals surface area (Å²) < 4.78 is 10.8. The minimum Gasteiger partial charge on any atom is -0.491 e. The molecule has 6 heteroatoms. The normalized spacial score (nSPS) is 11.5. The smallest absolute Gasteiger partial charge is 0.255 e. The lowest BCUT2D eigenvalue weighted by Gasteiger charge is -2.12. The number of ether oxygens (including phenoxy) is 2. The van der Waals surface area contributed by atoms with Crippen LogP contribution < -0.4 is 15.4 Å². The second kappa shape index (κ2) is 11.1. The van der Waals surface area contributed by atoms with E-state index in [-0.39, 0.29) is 17.9 Å². The molecule has 0 aliphatic carbocycles. The van der Waals surface area contributed by atoms with Gasteiger partial charge >= 0.3 is 0 Å². The standard InChI is InChI=1S/C22H28N2O4/c1-4-16(3)23-21(25)17-6-10-19(11-7-17)24-22(26)18-8-12-20(13-9-18)28-15-14-27-5-2/h6-13,16H,4-5,14-15H2,1-3H3,(H,23,25)(H,24,26). The van der Waals surface area contributed by atoms with Crippen molar-refractivity contribution >= 4 is 17.5 Å². The maximum Gasteiger partial charge on any atom is 0.255 e. The van der Waals surface area contributed by atoms with E-state index in [2.05, 4.69) is 10.6 Å². The zero-order chi connectivity index (χ0) is 20.4. The Balaban J connectivity index is 1.89. The number of anilines is 1. The average molecular weight is 384 g/mol. The number of rotatable bonds is 10. The molecule has 1 unspecified atom stereocenters. The van der Waals surface area contributed by atoms with E-state index in [9.17, 15) is 9.59 Å². The van der Waals surface area contributed by atoms with Crippen molar-refractivity contribution in [1.29, 1.82) is 0 Å². The lowest BCUT2D eigenvalue weighted by atomic mass is 10.1. The highest BCUT2D eigenvalue weighted by molar-refractivity contribution is 6.04. The first-order valence-electron chi connectivity index (χ1n) is 9.56. The van der Waals surface area contributed by atoms with Crippen LogP contribution in [0.5, 0.6) is 5.75 Å². The minimum atomic E-state index is -0.224. The molecule has 0 spiro atoms. The Morgan fingerprint density at radius 1 is 0.893 bits per heavy atom. The summed E-state index contributed by atoms with van der Waals surface area (Å²) in [5.74, 6) is 0.345. The van der Waals surface area contributed by atoms with Gasteiger partial charge in [-0.2, -0.15) is 0 Å². The number of hydrogen-bond acceptors (Lipinski definition) is 4. The molecule has 2 aromatic carbocycles. The predicted molar refractivity (Wildman–Crippen MR) is 110 cm³/mol. The van der Waals surface area contributed by atoms with Gasteiger partial charge in [0.15, 0.2) is 0 Å². The molecule has 0 saturated heterocycles. The minimum absolute atomic E-state index is 0.118. The maximum absolute atomic E-state index is 12.4. The molecule has 28 heavy (non-hydrogen) atoms. The summed E-state index contributed by atoms with van der Waals surface area (Å²) >= 11 is 0. The maximum atomic E-state index is 12.4. The van der Waals surface area contributed by atoms with E-state index in [1.807, 2.05) is 20.8 Å². The largest absolute Gasteiger partial charge is 0.491 e. The van der Waals surface area contributed by atoms with Crippen molar-refractivity contribution in [2.45, 2.75) is 33.2 Å². The second-order valence-corrected chi connectivity index (χ2v) is 6.38. The SMILES string of the molecule is CCOCCOc1ccc(C(=O)Nc2ccc(C(=O)NC(C)CC)cc2)cc1. The third-order valence-corrected chi connectivity index (χ3v) is 4.21. The fourth-order valence-electron chi connectivity index (χ4n) is 2.38. The van der Waals surface area contributed by atoms with E-state index < -0.39 is 0 Å². The van der Waals surface area contributed by atoms with Crippen LogP contribution in [0.25, 0.3) is 0 Å². The molecule has 2 amide bonds. The van der Waals surface area contributed by atoms with Gasteiger partial charge in [0.05, 0.1) is 6.61 Å². The fraction of sp³-hybridized carbons (Fsp3) is 0.364. The fourth-order valence-corrected chi connectivity index (χ4v) is 2.38. The summed E-state index contributed by atoms with van der Waals surface area (Å²) in [6, 6.07) is 13.9. The van der Waals surface area contributed by atoms with Crippen LogP contribution in [0.4, 0.5) is 5.69 Å². The molecule has 0 bridgehead atoms. The predicted octanol–water partition coefficient (Wildman–Crippen LogP) is 3.88. The molecule has 0 radical (unpaired) electrons. The van der Waals surface area contributed by atoms with Crippen LogP contribution in [0, 0.1) is 0 Å². The number of amides is 2. The zero-order valence-electron chi connectivity index (χ0n) is 16.7. The Labute approximate surface area is 166 Å². The van der Waals surface area contributed by atoms with E-state index in [0.29, 0.717) is 42.4 Å². The topological polar surface area (TPSA) is 76.7 Å². The van der Waals surface area contributed by atoms with Crippen molar-refractivity contribution < 1.29 is 19.1 Å². The van der Waals surface area contributed by atoms with Gasteiger partial charge in [0.25, 0.3) is 11.8 Å². The quantitative estimate of drug-likeness (QED) is 0.610. The van der Waals surface area contributed by atoms with Gasteiger partial charge in [0.1, 0.15) is 12.4 Å². The van der Waals surface area contributed by atoms with Gasteiger partial charge in [-0.3, -0.25) is 9.59 Å². The van der Waals surface area contributed by atoms with Gasteiger partial charge in [0, 0.05) is 29.5 Å². The summed E-state index contributed by atoms with van der Waals surface area (Å²) in [4.78, 5) is 24.5. The Hall–Kier alpha value is -2.86. The second-order valence-electron chi connectivity index (χ2n) is 6.38. The summed E-state index contributed by atoms with van der Waals surface area (Å²) in [6.45, 7) is 7.57. The number of hydrogen-bond donors (Lipinski definition) is 2. The number of benzene rings is 2. The lowest BCUT2D eigenvalue weighted by Crippen LogP contribution is -2.31. The lowest BCUT2D eigenvalue weighted by molar-refractivity contribution is 0.0938. The molecular weight excluding hydrogens is 356 g/mol. The summed E-state index contributed by atoms with van der Waals surface area (Å²) in [5.41, 5.74) is 1.71. The molecule has 2 N–H and O–H groups in total. The highest BCUT2D eigenvalue weighted by atomic mass is 16.5. The zero-order valence-corrected chi connectivity index (χ0v) is 16.7. The van der Waals surface area contributed by atoms with E-state index >= 15 is 0 Å². The third kappa shape index (κ3) is 6.70. The van der Waals surface area contributed by atoms with Gasteiger partial charge in [0.2, 0.25) is 0 Å². The number of carbonyl (C=O) groups excluding carboxylic acids is 2. The van der Waals surface area contributed by atoms with Crippen LogP contribution in [0.3, 0.4) is 0 Å². The van der Waals surface area contributed by atoms with Crippen molar-refractivity contribution in [2.75, 3.05) is 25.1 Å². The molecule has 0 aromatic heterocycles. The number of nitrogens with one attached hydrogen (secondary N) is 2. The molecular formula is C22H28N2O4. The average Bonchev–Trinajstić information content (AvgIpc) is 2.72. The molecule has 0 aliphatic heterocycles. The molecule has 2 rings (SSSR count). The van der Waals surface area contributed by atoms with Crippen molar-refractivity contribution in [3.63, 3.8) is 0 Å². The molecule has 0 aliphatic rings. The Kier molecular flexibility index (Phi) is 8.49. The van der Waals surface area contributed by atoms with Gasteiger partial charge in [-0.05, 0) is 68.8 Å². The Morgan fingerprint density at radius 3 is 2.11 bits per heavy atom. The highest BCUT2D eigenvalue weighted by Gasteiger charge is 2.10. The summed E-state index contributed by atoms with van der Waals surface area (Å²) in [7, 11) is 0. The van der Waals surface area contributed by atoms with Gasteiger partial charge < -0.3 is 20.1 Å². The van der Waals surface area contributed by atoms with E-state index in [4.69, 9.17) is 9.47 Å². The van der Waals surface area contributed by atoms with Gasteiger partial charge in [-0.25, -0.2) is 0 Å². The van der Waals surface area contributed by atoms with Crippen molar-refractivity contribution in [2.24, 2.45) is 0 Å². The summed E-state index contributed by atoms with van der Waals surface area (Å²) in [6.07, 6.45) is 0.871. The molecule has 150 valence electrons. The summed E-state index contributed by atoms with van der Waals surface area (Å²) in [5, 5.41) is 5.74. The monoisotopic (exact) mass is 384 g/mol. The number of carbonyl (C=O) groups is 2. The van der Waals surface area contributed by atoms with Crippen molar-refractivity contribution in [3.8, 4) is 5.75 Å². The molecule has 2 aromatic rings. The molecule has 1 atom stereocenters. The van der Waals surface area contributed by atoms with Crippen LogP contribution in [0.1, 0.15) is 47.9 Å². The molecule has 0 saturated carbocycles. The van der Waals surface area contributed by atoms with Crippen LogP contribution in [-0.4, -0.2) is 37.7 Å². The van der Waals surface area contributed by atoms with Crippen LogP contribution >= 0.6 is 0 Å². The van der Waals surface area contributed by atoms with Crippen molar-refractivity contribution in [3.05, 3.63) is 59.7 Å². The first-order valence-corrected chi connectivity index (χ1v) is 9.56.